The molecule has 96 valence electrons. The number of aryl methyl sites for hydroxylation is 2. The molecular formula is C13H17N3O2. The zero-order chi connectivity index (χ0) is 13.7. The van der Waals surface area contributed by atoms with Crippen LogP contribution in [-0.4, -0.2) is 20.6 Å². The largest absolute Gasteiger partial charge is 0.480 e. The van der Waals surface area contributed by atoms with Crippen LogP contribution in [0.2, 0.25) is 0 Å². The van der Waals surface area contributed by atoms with Gasteiger partial charge in [0.05, 0.1) is 11.0 Å². The summed E-state index contributed by atoms with van der Waals surface area (Å²) in [5.74, 6) is -0.714. The van der Waals surface area contributed by atoms with Gasteiger partial charge in [-0.2, -0.15) is 0 Å². The summed E-state index contributed by atoms with van der Waals surface area (Å²) in [7, 11) is 0. The van der Waals surface area contributed by atoms with E-state index in [1.165, 1.54) is 0 Å². The SMILES string of the molecule is Cc1cc2nc(N)n(C(C)(C)C(=O)O)c2cc1C. The number of nitrogen functional groups attached to an aromatic ring is 1. The Kier molecular flexibility index (Phi) is 2.57. The molecule has 0 saturated carbocycles. The van der Waals surface area contributed by atoms with Crippen LogP contribution in [0, 0.1) is 13.8 Å². The molecule has 0 atom stereocenters. The maximum atomic E-state index is 11.4. The summed E-state index contributed by atoms with van der Waals surface area (Å²) in [6, 6.07) is 3.86. The smallest absolute Gasteiger partial charge is 0.329 e. The summed E-state index contributed by atoms with van der Waals surface area (Å²) in [5.41, 5.74) is 8.42. The van der Waals surface area contributed by atoms with Gasteiger partial charge in [0.2, 0.25) is 5.95 Å². The Bertz CT molecular complexity index is 641. The lowest BCUT2D eigenvalue weighted by Gasteiger charge is -2.23. The van der Waals surface area contributed by atoms with Gasteiger partial charge >= 0.3 is 5.97 Å². The Morgan fingerprint density at radius 3 is 2.44 bits per heavy atom. The third kappa shape index (κ3) is 1.63. The second-order valence-electron chi connectivity index (χ2n) is 5.09. The number of carbonyl (C=O) groups is 1. The highest BCUT2D eigenvalue weighted by atomic mass is 16.4. The number of fused-ring (bicyclic) bond motifs is 1. The maximum absolute atomic E-state index is 11.4. The van der Waals surface area contributed by atoms with Crippen molar-refractivity contribution in [2.75, 3.05) is 5.73 Å². The first kappa shape index (κ1) is 12.4. The average Bonchev–Trinajstić information content (AvgIpc) is 2.54. The van der Waals surface area contributed by atoms with E-state index >= 15 is 0 Å². The second kappa shape index (κ2) is 3.73. The van der Waals surface area contributed by atoms with Crippen LogP contribution in [0.3, 0.4) is 0 Å². The van der Waals surface area contributed by atoms with Crippen molar-refractivity contribution in [1.29, 1.82) is 0 Å². The monoisotopic (exact) mass is 247 g/mol. The number of hydrogen-bond acceptors (Lipinski definition) is 3. The van der Waals surface area contributed by atoms with Gasteiger partial charge in [0.15, 0.2) is 0 Å². The summed E-state index contributed by atoms with van der Waals surface area (Å²) in [6.45, 7) is 7.20. The minimum atomic E-state index is -1.12. The van der Waals surface area contributed by atoms with Gasteiger partial charge in [-0.15, -0.1) is 0 Å². The van der Waals surface area contributed by atoms with Crippen molar-refractivity contribution < 1.29 is 9.90 Å². The van der Waals surface area contributed by atoms with Gasteiger partial charge in [-0.25, -0.2) is 9.78 Å². The molecule has 0 saturated heterocycles. The Morgan fingerprint density at radius 2 is 1.89 bits per heavy atom. The highest BCUT2D eigenvalue weighted by Crippen LogP contribution is 2.28. The molecule has 3 N–H and O–H groups in total. The second-order valence-corrected chi connectivity index (χ2v) is 5.09. The van der Waals surface area contributed by atoms with Crippen LogP contribution in [0.5, 0.6) is 0 Å². The van der Waals surface area contributed by atoms with Crippen molar-refractivity contribution in [3.8, 4) is 0 Å². The normalized spacial score (nSPS) is 12.0. The van der Waals surface area contributed by atoms with E-state index < -0.39 is 11.5 Å². The summed E-state index contributed by atoms with van der Waals surface area (Å²) < 4.78 is 1.57. The minimum Gasteiger partial charge on any atom is -0.480 e. The van der Waals surface area contributed by atoms with Crippen molar-refractivity contribution >= 4 is 23.0 Å². The summed E-state index contributed by atoms with van der Waals surface area (Å²) >= 11 is 0. The fourth-order valence-electron chi connectivity index (χ4n) is 2.03. The van der Waals surface area contributed by atoms with Gasteiger partial charge in [-0.05, 0) is 51.0 Å². The van der Waals surface area contributed by atoms with Crippen molar-refractivity contribution in [2.45, 2.75) is 33.2 Å². The number of anilines is 1. The number of benzene rings is 1. The van der Waals surface area contributed by atoms with Crippen molar-refractivity contribution in [3.63, 3.8) is 0 Å². The molecule has 1 aromatic heterocycles. The van der Waals surface area contributed by atoms with Crippen molar-refractivity contribution in [1.82, 2.24) is 9.55 Å². The van der Waals surface area contributed by atoms with Crippen LogP contribution in [-0.2, 0) is 10.3 Å². The number of carboxylic acids is 1. The first-order chi connectivity index (χ1) is 8.25. The number of aliphatic carboxylic acids is 1. The average molecular weight is 247 g/mol. The summed E-state index contributed by atoms with van der Waals surface area (Å²) in [4.78, 5) is 15.6. The number of carboxylic acid groups (broad SMARTS) is 1. The van der Waals surface area contributed by atoms with Gasteiger partial charge < -0.3 is 10.8 Å². The third-order valence-electron chi connectivity index (χ3n) is 3.38. The van der Waals surface area contributed by atoms with Gasteiger partial charge in [0, 0.05) is 0 Å². The van der Waals surface area contributed by atoms with E-state index in [2.05, 4.69) is 4.98 Å². The molecule has 1 aromatic carbocycles. The van der Waals surface area contributed by atoms with Crippen LogP contribution in [0.15, 0.2) is 12.1 Å². The molecule has 18 heavy (non-hydrogen) atoms. The summed E-state index contributed by atoms with van der Waals surface area (Å²) in [5, 5.41) is 9.32. The minimum absolute atomic E-state index is 0.224. The molecule has 0 radical (unpaired) electrons. The van der Waals surface area contributed by atoms with E-state index in [4.69, 9.17) is 5.73 Å². The molecule has 0 unspecified atom stereocenters. The fraction of sp³-hybridized carbons (Fsp3) is 0.385. The predicted octanol–water partition coefficient (Wildman–Crippen LogP) is 2.06. The van der Waals surface area contributed by atoms with Crippen LogP contribution in [0.1, 0.15) is 25.0 Å². The van der Waals surface area contributed by atoms with Crippen molar-refractivity contribution in [2.24, 2.45) is 0 Å². The molecule has 0 spiro atoms. The van der Waals surface area contributed by atoms with E-state index in [0.717, 1.165) is 22.2 Å². The van der Waals surface area contributed by atoms with E-state index in [0.29, 0.717) is 0 Å². The Morgan fingerprint density at radius 1 is 1.33 bits per heavy atom. The number of aromatic nitrogens is 2. The highest BCUT2D eigenvalue weighted by Gasteiger charge is 2.32. The Labute approximate surface area is 105 Å². The molecule has 5 heteroatoms. The van der Waals surface area contributed by atoms with Crippen LogP contribution in [0.4, 0.5) is 5.95 Å². The van der Waals surface area contributed by atoms with E-state index in [9.17, 15) is 9.90 Å². The van der Waals surface area contributed by atoms with E-state index in [-0.39, 0.29) is 5.95 Å². The fourth-order valence-corrected chi connectivity index (χ4v) is 2.03. The molecule has 0 amide bonds. The van der Waals surface area contributed by atoms with Crippen LogP contribution < -0.4 is 5.73 Å². The maximum Gasteiger partial charge on any atom is 0.329 e. The quantitative estimate of drug-likeness (QED) is 0.851. The lowest BCUT2D eigenvalue weighted by Crippen LogP contribution is -2.36. The van der Waals surface area contributed by atoms with Gasteiger partial charge in [-0.1, -0.05) is 0 Å². The van der Waals surface area contributed by atoms with Gasteiger partial charge in [-0.3, -0.25) is 4.57 Å². The number of nitrogens with zero attached hydrogens (tertiary/aromatic N) is 2. The highest BCUT2D eigenvalue weighted by molar-refractivity contribution is 5.85. The zero-order valence-corrected chi connectivity index (χ0v) is 11.0. The third-order valence-corrected chi connectivity index (χ3v) is 3.38. The van der Waals surface area contributed by atoms with Crippen LogP contribution >= 0.6 is 0 Å². The molecule has 1 heterocycles. The topological polar surface area (TPSA) is 81.1 Å². The molecule has 0 fully saturated rings. The Hall–Kier alpha value is -2.04. The molecular weight excluding hydrogens is 230 g/mol. The molecule has 0 bridgehead atoms. The van der Waals surface area contributed by atoms with E-state index in [1.54, 1.807) is 18.4 Å². The standard InChI is InChI=1S/C13H17N3O2/c1-7-5-9-10(6-8(7)2)16(12(14)15-9)13(3,4)11(17)18/h5-6H,1-4H3,(H2,14,15)(H,17,18). The van der Waals surface area contributed by atoms with E-state index in [1.807, 2.05) is 26.0 Å². The molecule has 2 aromatic rings. The molecule has 2 rings (SSSR count). The first-order valence-corrected chi connectivity index (χ1v) is 5.74. The molecule has 0 aliphatic rings. The van der Waals surface area contributed by atoms with Crippen molar-refractivity contribution in [3.05, 3.63) is 23.3 Å². The van der Waals surface area contributed by atoms with Crippen LogP contribution in [0.25, 0.3) is 11.0 Å². The first-order valence-electron chi connectivity index (χ1n) is 5.74. The zero-order valence-electron chi connectivity index (χ0n) is 11.0. The van der Waals surface area contributed by atoms with Gasteiger partial charge in [0.1, 0.15) is 5.54 Å². The molecule has 0 aliphatic heterocycles. The number of imidazole rings is 1. The van der Waals surface area contributed by atoms with Gasteiger partial charge in [0.25, 0.3) is 0 Å². The molecule has 0 aliphatic carbocycles. The lowest BCUT2D eigenvalue weighted by molar-refractivity contribution is -0.145. The lowest BCUT2D eigenvalue weighted by atomic mass is 10.0. The summed E-state index contributed by atoms with van der Waals surface area (Å²) in [6.07, 6.45) is 0. The number of hydrogen-bond donors (Lipinski definition) is 2. The Balaban J connectivity index is 2.83. The molecule has 5 nitrogen and oxygen atoms in total. The number of rotatable bonds is 2. The number of nitrogens with two attached hydrogens (primary N) is 1. The predicted molar refractivity (Wildman–Crippen MR) is 70.6 cm³/mol.